The lowest BCUT2D eigenvalue weighted by Gasteiger charge is -2.10. The van der Waals surface area contributed by atoms with Crippen LogP contribution in [0.25, 0.3) is 0 Å². The number of sulfonamides is 1. The summed E-state index contributed by atoms with van der Waals surface area (Å²) in [6, 6.07) is 10.0. The summed E-state index contributed by atoms with van der Waals surface area (Å²) in [6.45, 7) is 4.33. The van der Waals surface area contributed by atoms with Crippen molar-refractivity contribution in [3.05, 3.63) is 57.6 Å². The molecule has 0 spiro atoms. The summed E-state index contributed by atoms with van der Waals surface area (Å²) in [7, 11) is -3.64. The maximum absolute atomic E-state index is 12.1. The van der Waals surface area contributed by atoms with Gasteiger partial charge in [-0.2, -0.15) is 0 Å². The maximum atomic E-state index is 12.1. The third-order valence-corrected chi connectivity index (χ3v) is 5.26. The van der Waals surface area contributed by atoms with E-state index in [4.69, 9.17) is 27.9 Å². The molecule has 0 heterocycles. The van der Waals surface area contributed by atoms with Gasteiger partial charge in [0.1, 0.15) is 12.4 Å². The van der Waals surface area contributed by atoms with Crippen molar-refractivity contribution < 1.29 is 13.2 Å². The van der Waals surface area contributed by atoms with Crippen LogP contribution in [0.15, 0.2) is 41.3 Å². The molecule has 2 aromatic rings. The van der Waals surface area contributed by atoms with Crippen molar-refractivity contribution in [1.29, 1.82) is 0 Å². The van der Waals surface area contributed by atoms with Crippen LogP contribution in [-0.2, 0) is 10.0 Å². The number of rotatable bonds is 6. The van der Waals surface area contributed by atoms with E-state index >= 15 is 0 Å². The highest BCUT2D eigenvalue weighted by Gasteiger charge is 2.14. The number of benzene rings is 2. The Morgan fingerprint density at radius 3 is 2.26 bits per heavy atom. The highest BCUT2D eigenvalue weighted by Crippen LogP contribution is 2.24. The Kier molecular flexibility index (Phi) is 5.92. The Balaban J connectivity index is 1.93. The lowest BCUT2D eigenvalue weighted by molar-refractivity contribution is 0.322. The van der Waals surface area contributed by atoms with Gasteiger partial charge in [-0.15, -0.1) is 0 Å². The van der Waals surface area contributed by atoms with Crippen molar-refractivity contribution in [2.24, 2.45) is 0 Å². The van der Waals surface area contributed by atoms with Crippen LogP contribution in [0.3, 0.4) is 0 Å². The van der Waals surface area contributed by atoms with Crippen LogP contribution >= 0.6 is 23.2 Å². The molecule has 0 amide bonds. The SMILES string of the molecule is Cc1cc(C)cc(OCCNS(=O)(=O)c2ccc(Cl)c(Cl)c2)c1. The summed E-state index contributed by atoms with van der Waals surface area (Å²) in [6.07, 6.45) is 0. The second-order valence-electron chi connectivity index (χ2n) is 5.15. The van der Waals surface area contributed by atoms with Crippen LogP contribution < -0.4 is 9.46 Å². The first-order valence-electron chi connectivity index (χ1n) is 6.94. The molecule has 2 rings (SSSR count). The Labute approximate surface area is 146 Å². The molecule has 0 aliphatic rings. The molecule has 0 saturated carbocycles. The first kappa shape index (κ1) is 18.1. The predicted molar refractivity (Wildman–Crippen MR) is 93.1 cm³/mol. The predicted octanol–water partition coefficient (Wildman–Crippen LogP) is 3.97. The molecule has 23 heavy (non-hydrogen) atoms. The summed E-state index contributed by atoms with van der Waals surface area (Å²) >= 11 is 11.6. The topological polar surface area (TPSA) is 55.4 Å². The van der Waals surface area contributed by atoms with E-state index in [1.54, 1.807) is 0 Å². The van der Waals surface area contributed by atoms with Crippen molar-refractivity contribution >= 4 is 33.2 Å². The third kappa shape index (κ3) is 5.11. The summed E-state index contributed by atoms with van der Waals surface area (Å²) in [5, 5.41) is 0.504. The molecule has 4 nitrogen and oxygen atoms in total. The fraction of sp³-hybridized carbons (Fsp3) is 0.250. The van der Waals surface area contributed by atoms with E-state index in [0.29, 0.717) is 5.02 Å². The van der Waals surface area contributed by atoms with Gasteiger partial charge in [0.05, 0.1) is 14.9 Å². The molecule has 0 radical (unpaired) electrons. The molecule has 2 aromatic carbocycles. The zero-order chi connectivity index (χ0) is 17.0. The van der Waals surface area contributed by atoms with E-state index < -0.39 is 10.0 Å². The van der Waals surface area contributed by atoms with Crippen LogP contribution in [0.4, 0.5) is 0 Å². The molecule has 0 saturated heterocycles. The fourth-order valence-electron chi connectivity index (χ4n) is 2.09. The second kappa shape index (κ2) is 7.53. The van der Waals surface area contributed by atoms with Gasteiger partial charge in [0, 0.05) is 6.54 Å². The molecule has 1 N–H and O–H groups in total. The molecule has 0 aromatic heterocycles. The van der Waals surface area contributed by atoms with Gasteiger partial charge in [0.2, 0.25) is 10.0 Å². The van der Waals surface area contributed by atoms with Crippen LogP contribution in [0.2, 0.25) is 10.0 Å². The Morgan fingerprint density at radius 2 is 1.65 bits per heavy atom. The summed E-state index contributed by atoms with van der Waals surface area (Å²) in [5.41, 5.74) is 2.19. The van der Waals surface area contributed by atoms with Crippen LogP contribution in [0.5, 0.6) is 5.75 Å². The largest absolute Gasteiger partial charge is 0.492 e. The van der Waals surface area contributed by atoms with Gasteiger partial charge in [-0.25, -0.2) is 13.1 Å². The van der Waals surface area contributed by atoms with Crippen LogP contribution in [0, 0.1) is 13.8 Å². The molecule has 124 valence electrons. The molecule has 7 heteroatoms. The van der Waals surface area contributed by atoms with E-state index in [9.17, 15) is 8.42 Å². The van der Waals surface area contributed by atoms with Gasteiger partial charge in [-0.1, -0.05) is 29.3 Å². The number of hydrogen-bond donors (Lipinski definition) is 1. The number of nitrogens with one attached hydrogen (secondary N) is 1. The van der Waals surface area contributed by atoms with Gasteiger partial charge in [-0.05, 0) is 55.3 Å². The van der Waals surface area contributed by atoms with Crippen molar-refractivity contribution in [2.45, 2.75) is 18.7 Å². The van der Waals surface area contributed by atoms with E-state index in [1.807, 2.05) is 32.0 Å². The summed E-state index contributed by atoms with van der Waals surface area (Å²) in [4.78, 5) is 0.0679. The van der Waals surface area contributed by atoms with Gasteiger partial charge in [-0.3, -0.25) is 0 Å². The minimum atomic E-state index is -3.64. The number of halogens is 2. The van der Waals surface area contributed by atoms with Gasteiger partial charge >= 0.3 is 0 Å². The van der Waals surface area contributed by atoms with E-state index in [0.717, 1.165) is 16.9 Å². The normalized spacial score (nSPS) is 11.5. The van der Waals surface area contributed by atoms with Crippen LogP contribution in [0.1, 0.15) is 11.1 Å². The first-order valence-corrected chi connectivity index (χ1v) is 9.18. The van der Waals surface area contributed by atoms with E-state index in [1.165, 1.54) is 18.2 Å². The fourth-order valence-corrected chi connectivity index (χ4v) is 3.49. The molecular weight excluding hydrogens is 357 g/mol. The standard InChI is InChI=1S/C16H17Cl2NO3S/c1-11-7-12(2)9-13(8-11)22-6-5-19-23(20,21)14-3-4-15(17)16(18)10-14/h3-4,7-10,19H,5-6H2,1-2H3. The highest BCUT2D eigenvalue weighted by molar-refractivity contribution is 7.89. The molecule has 0 fully saturated rings. The number of aryl methyl sites for hydroxylation is 2. The monoisotopic (exact) mass is 373 g/mol. The smallest absolute Gasteiger partial charge is 0.240 e. The molecule has 0 bridgehead atoms. The third-order valence-electron chi connectivity index (χ3n) is 3.06. The van der Waals surface area contributed by atoms with E-state index in [-0.39, 0.29) is 23.1 Å². The average molecular weight is 374 g/mol. The Bertz CT molecular complexity index is 787. The van der Waals surface area contributed by atoms with Crippen molar-refractivity contribution in [2.75, 3.05) is 13.2 Å². The maximum Gasteiger partial charge on any atom is 0.240 e. The number of ether oxygens (including phenoxy) is 1. The highest BCUT2D eigenvalue weighted by atomic mass is 35.5. The molecular formula is C16H17Cl2NO3S. The molecule has 0 unspecified atom stereocenters. The number of hydrogen-bond acceptors (Lipinski definition) is 3. The lowest BCUT2D eigenvalue weighted by Crippen LogP contribution is -2.28. The zero-order valence-electron chi connectivity index (χ0n) is 12.8. The molecule has 0 aliphatic heterocycles. The van der Waals surface area contributed by atoms with Crippen LogP contribution in [-0.4, -0.2) is 21.6 Å². The van der Waals surface area contributed by atoms with Crippen molar-refractivity contribution in [3.8, 4) is 5.75 Å². The zero-order valence-corrected chi connectivity index (χ0v) is 15.1. The molecule has 0 atom stereocenters. The van der Waals surface area contributed by atoms with Gasteiger partial charge < -0.3 is 4.74 Å². The van der Waals surface area contributed by atoms with Gasteiger partial charge in [0.25, 0.3) is 0 Å². The van der Waals surface area contributed by atoms with Crippen molar-refractivity contribution in [3.63, 3.8) is 0 Å². The quantitative estimate of drug-likeness (QED) is 0.779. The minimum Gasteiger partial charge on any atom is -0.492 e. The van der Waals surface area contributed by atoms with E-state index in [2.05, 4.69) is 4.72 Å². The summed E-state index contributed by atoms with van der Waals surface area (Å²) in [5.74, 6) is 0.719. The molecule has 0 aliphatic carbocycles. The first-order chi connectivity index (χ1) is 10.8. The van der Waals surface area contributed by atoms with Crippen molar-refractivity contribution in [1.82, 2.24) is 4.72 Å². The van der Waals surface area contributed by atoms with Gasteiger partial charge in [0.15, 0.2) is 0 Å². The Hall–Kier alpha value is -1.27. The Morgan fingerprint density at radius 1 is 1.00 bits per heavy atom. The lowest BCUT2D eigenvalue weighted by atomic mass is 10.1. The average Bonchev–Trinajstić information content (AvgIpc) is 2.45. The summed E-state index contributed by atoms with van der Waals surface area (Å²) < 4.78 is 32.3. The second-order valence-corrected chi connectivity index (χ2v) is 7.73. The minimum absolute atomic E-state index is 0.0679.